The molecule has 2 N–H and O–H groups in total. The second kappa shape index (κ2) is 9.75. The minimum Gasteiger partial charge on any atom is -0.481 e. The van der Waals surface area contributed by atoms with E-state index in [0.717, 1.165) is 18.2 Å². The van der Waals surface area contributed by atoms with E-state index in [0.29, 0.717) is 26.1 Å². The summed E-state index contributed by atoms with van der Waals surface area (Å²) in [6.45, 7) is 12.3. The summed E-state index contributed by atoms with van der Waals surface area (Å²) in [5.74, 6) is -1.03. The number of carbonyl (C=O) groups is 3. The van der Waals surface area contributed by atoms with Crippen molar-refractivity contribution in [3.63, 3.8) is 0 Å². The molecule has 9 heteroatoms. The van der Waals surface area contributed by atoms with Gasteiger partial charge in [0, 0.05) is 19.5 Å². The van der Waals surface area contributed by atoms with E-state index in [4.69, 9.17) is 9.53 Å². The average molecular weight is 405 g/mol. The van der Waals surface area contributed by atoms with Gasteiger partial charge in [0.05, 0.1) is 24.2 Å². The third kappa shape index (κ3) is 7.28. The maximum absolute atomic E-state index is 12.1. The van der Waals surface area contributed by atoms with Crippen molar-refractivity contribution in [2.75, 3.05) is 31.2 Å². The number of nitrogens with zero attached hydrogens (tertiary/aromatic N) is 1. The number of carboxylic acids is 1. The fourth-order valence-corrected chi connectivity index (χ4v) is 4.00. The van der Waals surface area contributed by atoms with Gasteiger partial charge in [0.2, 0.25) is 11.8 Å². The molecule has 1 heterocycles. The molecule has 26 heavy (non-hydrogen) atoms. The van der Waals surface area contributed by atoms with Crippen LogP contribution in [0, 0.1) is 0 Å². The Morgan fingerprint density at radius 3 is 2.58 bits per heavy atom. The first kappa shape index (κ1) is 23.0. The number of thioether (sulfide) groups is 1. The molecule has 0 aromatic carbocycles. The van der Waals surface area contributed by atoms with E-state index in [1.807, 2.05) is 0 Å². The largest absolute Gasteiger partial charge is 0.481 e. The summed E-state index contributed by atoms with van der Waals surface area (Å²) < 4.78 is 6.26. The smallest absolute Gasteiger partial charge is 0.313 e. The van der Waals surface area contributed by atoms with Crippen LogP contribution in [0.1, 0.15) is 33.6 Å². The molecule has 0 aromatic heterocycles. The number of nitrogens with one attached hydrogen (secondary N) is 1. The summed E-state index contributed by atoms with van der Waals surface area (Å²) >= 11 is 1.06. The molecule has 0 aliphatic carbocycles. The average Bonchev–Trinajstić information content (AvgIpc) is 2.84. The molecule has 1 aliphatic heterocycles. The van der Waals surface area contributed by atoms with Crippen LogP contribution in [0.15, 0.2) is 0 Å². The highest BCUT2D eigenvalue weighted by molar-refractivity contribution is 8.00. The van der Waals surface area contributed by atoms with Crippen LogP contribution >= 0.6 is 11.8 Å². The predicted octanol–water partition coefficient (Wildman–Crippen LogP) is 1.93. The van der Waals surface area contributed by atoms with Gasteiger partial charge in [-0.1, -0.05) is 20.8 Å². The maximum Gasteiger partial charge on any atom is 0.313 e. The fourth-order valence-electron chi connectivity index (χ4n) is 2.39. The lowest BCUT2D eigenvalue weighted by Crippen LogP contribution is -2.46. The molecule has 0 spiro atoms. The number of carboxylic acid groups (broad SMARTS) is 1. The van der Waals surface area contributed by atoms with E-state index in [-0.39, 0.29) is 34.4 Å². The molecule has 1 atom stereocenters. The highest BCUT2D eigenvalue weighted by Gasteiger charge is 2.39. The highest BCUT2D eigenvalue weighted by atomic mass is 32.2. The molecule has 2 amide bonds. The Morgan fingerprint density at radius 2 is 2.00 bits per heavy atom. The van der Waals surface area contributed by atoms with E-state index < -0.39 is 14.3 Å². The van der Waals surface area contributed by atoms with Crippen LogP contribution in [0.2, 0.25) is 18.1 Å². The van der Waals surface area contributed by atoms with E-state index in [9.17, 15) is 14.4 Å². The zero-order chi connectivity index (χ0) is 20.0. The van der Waals surface area contributed by atoms with Crippen LogP contribution < -0.4 is 5.32 Å². The first-order chi connectivity index (χ1) is 11.9. The van der Waals surface area contributed by atoms with Crippen LogP contribution in [-0.4, -0.2) is 73.4 Å². The molecule has 1 fully saturated rings. The van der Waals surface area contributed by atoms with Crippen molar-refractivity contribution in [3.8, 4) is 0 Å². The van der Waals surface area contributed by atoms with Gasteiger partial charge in [-0.2, -0.15) is 0 Å². The SMILES string of the molecule is CC(C)(C)[Si](C)(C)OCC1CCC(=O)N1CCNC(=O)CSCC(=O)O. The summed E-state index contributed by atoms with van der Waals surface area (Å²) in [6.07, 6.45) is 1.31. The normalized spacial score (nSPS) is 18.3. The molecule has 1 unspecified atom stereocenters. The van der Waals surface area contributed by atoms with Crippen molar-refractivity contribution in [2.24, 2.45) is 0 Å². The van der Waals surface area contributed by atoms with Gasteiger partial charge in [0.15, 0.2) is 8.32 Å². The van der Waals surface area contributed by atoms with Crippen molar-refractivity contribution in [1.82, 2.24) is 10.2 Å². The van der Waals surface area contributed by atoms with E-state index in [1.54, 1.807) is 4.90 Å². The molecule has 1 rings (SSSR count). The molecular weight excluding hydrogens is 372 g/mol. The standard InChI is InChI=1S/C17H32N2O5SSi/c1-17(2,3)26(4,5)24-10-13-6-7-15(21)19(13)9-8-18-14(20)11-25-12-16(22)23/h13H,6-12H2,1-5H3,(H,18,20)(H,22,23). The monoisotopic (exact) mass is 404 g/mol. The van der Waals surface area contributed by atoms with E-state index in [2.05, 4.69) is 39.2 Å². The topological polar surface area (TPSA) is 95.9 Å². The zero-order valence-electron chi connectivity index (χ0n) is 16.5. The number of rotatable bonds is 10. The van der Waals surface area contributed by atoms with Gasteiger partial charge in [0.25, 0.3) is 0 Å². The quantitative estimate of drug-likeness (QED) is 0.540. The maximum atomic E-state index is 12.1. The van der Waals surface area contributed by atoms with Gasteiger partial charge in [-0.25, -0.2) is 0 Å². The van der Waals surface area contributed by atoms with Crippen molar-refractivity contribution in [2.45, 2.75) is 57.8 Å². The van der Waals surface area contributed by atoms with Gasteiger partial charge in [-0.15, -0.1) is 11.8 Å². The summed E-state index contributed by atoms with van der Waals surface area (Å²) in [5, 5.41) is 11.4. The lowest BCUT2D eigenvalue weighted by atomic mass is 10.2. The zero-order valence-corrected chi connectivity index (χ0v) is 18.3. The van der Waals surface area contributed by atoms with Crippen molar-refractivity contribution in [3.05, 3.63) is 0 Å². The van der Waals surface area contributed by atoms with E-state index >= 15 is 0 Å². The molecule has 1 saturated heterocycles. The third-order valence-corrected chi connectivity index (χ3v) is 10.4. The minimum absolute atomic E-state index is 0.0647. The third-order valence-electron chi connectivity index (χ3n) is 5.03. The number of hydrogen-bond donors (Lipinski definition) is 2. The second-order valence-corrected chi connectivity index (χ2v) is 13.9. The molecule has 0 radical (unpaired) electrons. The molecule has 0 saturated carbocycles. The van der Waals surface area contributed by atoms with Gasteiger partial charge in [-0.05, 0) is 24.6 Å². The number of likely N-dealkylation sites (tertiary alicyclic amines) is 1. The highest BCUT2D eigenvalue weighted by Crippen LogP contribution is 2.37. The van der Waals surface area contributed by atoms with Crippen LogP contribution in [0.25, 0.3) is 0 Å². The number of hydrogen-bond acceptors (Lipinski definition) is 5. The summed E-state index contributed by atoms with van der Waals surface area (Å²) in [4.78, 5) is 36.0. The van der Waals surface area contributed by atoms with Crippen LogP contribution in [-0.2, 0) is 18.8 Å². The van der Waals surface area contributed by atoms with Gasteiger partial charge < -0.3 is 19.7 Å². The van der Waals surface area contributed by atoms with Crippen LogP contribution in [0.3, 0.4) is 0 Å². The number of carbonyl (C=O) groups excluding carboxylic acids is 2. The Kier molecular flexibility index (Phi) is 8.62. The van der Waals surface area contributed by atoms with E-state index in [1.165, 1.54) is 0 Å². The number of aliphatic carboxylic acids is 1. The Morgan fingerprint density at radius 1 is 1.35 bits per heavy atom. The van der Waals surface area contributed by atoms with Gasteiger partial charge in [-0.3, -0.25) is 14.4 Å². The molecule has 7 nitrogen and oxygen atoms in total. The molecule has 0 bridgehead atoms. The summed E-state index contributed by atoms with van der Waals surface area (Å²) in [7, 11) is -1.86. The summed E-state index contributed by atoms with van der Waals surface area (Å²) in [6, 6.07) is 0.0647. The Labute approximate surface area is 161 Å². The molecule has 150 valence electrons. The minimum atomic E-state index is -1.86. The van der Waals surface area contributed by atoms with Crippen LogP contribution in [0.5, 0.6) is 0 Å². The van der Waals surface area contributed by atoms with Crippen molar-refractivity contribution < 1.29 is 23.9 Å². The lowest BCUT2D eigenvalue weighted by Gasteiger charge is -2.38. The predicted molar refractivity (Wildman–Crippen MR) is 106 cm³/mol. The Balaban J connectivity index is 2.40. The summed E-state index contributed by atoms with van der Waals surface area (Å²) in [5.41, 5.74) is 0. The molecule has 1 aliphatic rings. The Hall–Kier alpha value is -1.06. The second-order valence-electron chi connectivity index (χ2n) is 8.09. The first-order valence-electron chi connectivity index (χ1n) is 8.93. The van der Waals surface area contributed by atoms with Gasteiger partial charge >= 0.3 is 5.97 Å². The van der Waals surface area contributed by atoms with Gasteiger partial charge in [0.1, 0.15) is 0 Å². The number of amides is 2. The van der Waals surface area contributed by atoms with Crippen molar-refractivity contribution >= 4 is 37.9 Å². The molecule has 0 aromatic rings. The van der Waals surface area contributed by atoms with Crippen LogP contribution in [0.4, 0.5) is 0 Å². The molecular formula is C17H32N2O5SSi. The fraction of sp³-hybridized carbons (Fsp3) is 0.824. The van der Waals surface area contributed by atoms with Crippen molar-refractivity contribution in [1.29, 1.82) is 0 Å². The lowest BCUT2D eigenvalue weighted by molar-refractivity contribution is -0.134. The first-order valence-corrected chi connectivity index (χ1v) is 13.0. The Bertz CT molecular complexity index is 522.